The summed E-state index contributed by atoms with van der Waals surface area (Å²) in [7, 11) is 0. The highest BCUT2D eigenvalue weighted by Gasteiger charge is 2.32. The van der Waals surface area contributed by atoms with E-state index >= 15 is 0 Å². The minimum Gasteiger partial charge on any atom is -0.383 e. The molecule has 23 heavy (non-hydrogen) atoms. The summed E-state index contributed by atoms with van der Waals surface area (Å²) in [6.07, 6.45) is 3.56. The number of carbonyl (C=O) groups excluding carboxylic acids is 2. The number of carbonyl (C=O) groups is 2. The molecule has 1 unspecified atom stereocenters. The molecule has 1 atom stereocenters. The molecule has 118 valence electrons. The zero-order chi connectivity index (χ0) is 16.4. The monoisotopic (exact) mass is 313 g/mol. The van der Waals surface area contributed by atoms with Crippen LogP contribution >= 0.6 is 0 Å². The summed E-state index contributed by atoms with van der Waals surface area (Å²) in [5.41, 5.74) is 7.77. The summed E-state index contributed by atoms with van der Waals surface area (Å²) >= 11 is 0. The fraction of sp³-hybridized carbons (Fsp3) is 0.235. The van der Waals surface area contributed by atoms with Crippen molar-refractivity contribution in [1.82, 2.24) is 9.88 Å². The molecule has 0 spiro atoms. The molecule has 1 aromatic heterocycles. The van der Waals surface area contributed by atoms with Crippen LogP contribution in [0.25, 0.3) is 0 Å². The summed E-state index contributed by atoms with van der Waals surface area (Å²) in [6, 6.07) is 7.43. The second kappa shape index (κ2) is 6.16. The number of anilines is 1. The summed E-state index contributed by atoms with van der Waals surface area (Å²) < 4.78 is 13.6. The van der Waals surface area contributed by atoms with Crippen molar-refractivity contribution in [1.29, 1.82) is 0 Å². The molecular formula is C17H16FN3O2. The number of fused-ring (bicyclic) bond motifs is 1. The third-order valence-corrected chi connectivity index (χ3v) is 4.13. The fourth-order valence-corrected chi connectivity index (χ4v) is 3.06. The van der Waals surface area contributed by atoms with Crippen LogP contribution in [0.15, 0.2) is 36.5 Å². The van der Waals surface area contributed by atoms with Crippen LogP contribution in [0.2, 0.25) is 0 Å². The quantitative estimate of drug-likeness (QED) is 0.877. The molecule has 2 N–H and O–H groups in total. The number of benzene rings is 1. The third kappa shape index (κ3) is 2.79. The van der Waals surface area contributed by atoms with Crippen LogP contribution in [0.4, 0.5) is 10.2 Å². The third-order valence-electron chi connectivity index (χ3n) is 4.13. The van der Waals surface area contributed by atoms with Crippen LogP contribution in [0.3, 0.4) is 0 Å². The minimum absolute atomic E-state index is 0.0756. The molecule has 0 radical (unpaired) electrons. The summed E-state index contributed by atoms with van der Waals surface area (Å²) in [5, 5.41) is 0. The van der Waals surface area contributed by atoms with Gasteiger partial charge < -0.3 is 15.4 Å². The van der Waals surface area contributed by atoms with Gasteiger partial charge in [-0.15, -0.1) is 0 Å². The van der Waals surface area contributed by atoms with Gasteiger partial charge >= 0.3 is 0 Å². The molecule has 0 fully saturated rings. The zero-order valence-electron chi connectivity index (χ0n) is 12.4. The zero-order valence-corrected chi connectivity index (χ0v) is 12.4. The Bertz CT molecular complexity index is 763. The van der Waals surface area contributed by atoms with Gasteiger partial charge in [0.1, 0.15) is 17.9 Å². The lowest BCUT2D eigenvalue weighted by Crippen LogP contribution is -2.36. The van der Waals surface area contributed by atoms with Crippen molar-refractivity contribution in [2.45, 2.75) is 18.9 Å². The number of nitrogen functional groups attached to an aromatic ring is 1. The molecule has 0 saturated heterocycles. The lowest BCUT2D eigenvalue weighted by atomic mass is 10.1. The molecule has 6 heteroatoms. The average Bonchev–Trinajstić information content (AvgIpc) is 2.95. The van der Waals surface area contributed by atoms with Crippen LogP contribution in [-0.4, -0.2) is 28.6 Å². The Kier molecular flexibility index (Phi) is 4.06. The highest BCUT2D eigenvalue weighted by molar-refractivity contribution is 5.99. The van der Waals surface area contributed by atoms with Crippen LogP contribution in [0, 0.1) is 5.82 Å². The topological polar surface area (TPSA) is 76.3 Å². The number of hydrogen-bond acceptors (Lipinski definition) is 4. The van der Waals surface area contributed by atoms with Gasteiger partial charge in [0, 0.05) is 6.20 Å². The second-order valence-corrected chi connectivity index (χ2v) is 5.46. The van der Waals surface area contributed by atoms with E-state index in [1.54, 1.807) is 18.2 Å². The SMILES string of the molecule is Nc1ncccc1C(=O)N(CC=O)C1CCc2ccc(F)cc21. The number of nitrogens with two attached hydrogens (primary N) is 1. The van der Waals surface area contributed by atoms with Gasteiger partial charge in [-0.2, -0.15) is 0 Å². The largest absolute Gasteiger partial charge is 0.383 e. The molecule has 3 rings (SSSR count). The Balaban J connectivity index is 1.98. The fourth-order valence-electron chi connectivity index (χ4n) is 3.06. The van der Waals surface area contributed by atoms with Gasteiger partial charge in [0.25, 0.3) is 5.91 Å². The number of hydrogen-bond donors (Lipinski definition) is 1. The number of nitrogens with zero attached hydrogens (tertiary/aromatic N) is 2. The van der Waals surface area contributed by atoms with E-state index in [-0.39, 0.29) is 35.7 Å². The van der Waals surface area contributed by atoms with Gasteiger partial charge in [-0.3, -0.25) is 4.79 Å². The van der Waals surface area contributed by atoms with Crippen molar-refractivity contribution in [2.24, 2.45) is 0 Å². The van der Waals surface area contributed by atoms with Crippen molar-refractivity contribution in [3.05, 3.63) is 59.0 Å². The molecule has 2 aromatic rings. The Hall–Kier alpha value is -2.76. The summed E-state index contributed by atoms with van der Waals surface area (Å²) in [5.74, 6) is -0.606. The van der Waals surface area contributed by atoms with Crippen molar-refractivity contribution in [3.63, 3.8) is 0 Å². The van der Waals surface area contributed by atoms with E-state index in [4.69, 9.17) is 5.73 Å². The van der Waals surface area contributed by atoms with Gasteiger partial charge in [-0.25, -0.2) is 9.37 Å². The molecule has 1 aliphatic carbocycles. The van der Waals surface area contributed by atoms with Crippen LogP contribution in [0.1, 0.15) is 33.9 Å². The first-order valence-corrected chi connectivity index (χ1v) is 7.35. The maximum Gasteiger partial charge on any atom is 0.258 e. The van der Waals surface area contributed by atoms with Crippen LogP contribution < -0.4 is 5.73 Å². The predicted molar refractivity (Wildman–Crippen MR) is 83.2 cm³/mol. The number of amides is 1. The van der Waals surface area contributed by atoms with Crippen molar-refractivity contribution in [3.8, 4) is 0 Å². The van der Waals surface area contributed by atoms with Gasteiger partial charge in [0.15, 0.2) is 0 Å². The Morgan fingerprint density at radius 1 is 1.43 bits per heavy atom. The molecular weight excluding hydrogens is 297 g/mol. The molecule has 1 aliphatic rings. The molecule has 1 aromatic carbocycles. The first-order chi connectivity index (χ1) is 11.1. The lowest BCUT2D eigenvalue weighted by molar-refractivity contribution is -0.108. The van der Waals surface area contributed by atoms with Crippen molar-refractivity contribution >= 4 is 18.0 Å². The number of aryl methyl sites for hydroxylation is 1. The van der Waals surface area contributed by atoms with Gasteiger partial charge in [-0.05, 0) is 48.2 Å². The normalized spacial score (nSPS) is 16.0. The molecule has 0 aliphatic heterocycles. The van der Waals surface area contributed by atoms with E-state index in [2.05, 4.69) is 4.98 Å². The van der Waals surface area contributed by atoms with E-state index in [9.17, 15) is 14.0 Å². The highest BCUT2D eigenvalue weighted by Crippen LogP contribution is 2.36. The maximum atomic E-state index is 13.6. The lowest BCUT2D eigenvalue weighted by Gasteiger charge is -2.28. The molecule has 1 heterocycles. The number of aromatic nitrogens is 1. The van der Waals surface area contributed by atoms with Gasteiger partial charge in [0.05, 0.1) is 18.2 Å². The van der Waals surface area contributed by atoms with E-state index in [0.717, 1.165) is 17.5 Å². The van der Waals surface area contributed by atoms with Crippen molar-refractivity contribution in [2.75, 3.05) is 12.3 Å². The standard InChI is InChI=1S/C17H16FN3O2/c18-12-5-3-11-4-6-15(14(11)10-12)21(8-9-22)17(23)13-2-1-7-20-16(13)19/h1-3,5,7,9-10,15H,4,6,8H2,(H2,19,20). The molecule has 1 amide bonds. The minimum atomic E-state index is -0.371. The number of aldehydes is 1. The van der Waals surface area contributed by atoms with E-state index in [0.29, 0.717) is 12.7 Å². The summed E-state index contributed by atoms with van der Waals surface area (Å²) in [6.45, 7) is -0.0756. The van der Waals surface area contributed by atoms with E-state index in [1.165, 1.54) is 23.2 Å². The first kappa shape index (κ1) is 15.1. The predicted octanol–water partition coefficient (Wildman–Crippen LogP) is 2.13. The Labute approximate surface area is 132 Å². The summed E-state index contributed by atoms with van der Waals surface area (Å²) in [4.78, 5) is 29.2. The maximum absolute atomic E-state index is 13.6. The second-order valence-electron chi connectivity index (χ2n) is 5.46. The number of rotatable bonds is 4. The Morgan fingerprint density at radius 3 is 3.00 bits per heavy atom. The molecule has 5 nitrogen and oxygen atoms in total. The van der Waals surface area contributed by atoms with Gasteiger partial charge in [-0.1, -0.05) is 6.07 Å². The number of pyridine rings is 1. The van der Waals surface area contributed by atoms with E-state index in [1.807, 2.05) is 0 Å². The highest BCUT2D eigenvalue weighted by atomic mass is 19.1. The smallest absolute Gasteiger partial charge is 0.258 e. The van der Waals surface area contributed by atoms with Crippen LogP contribution in [0.5, 0.6) is 0 Å². The van der Waals surface area contributed by atoms with E-state index < -0.39 is 0 Å². The van der Waals surface area contributed by atoms with Crippen molar-refractivity contribution < 1.29 is 14.0 Å². The molecule has 0 bridgehead atoms. The molecule has 0 saturated carbocycles. The number of halogens is 1. The first-order valence-electron chi connectivity index (χ1n) is 7.35. The van der Waals surface area contributed by atoms with Crippen LogP contribution in [-0.2, 0) is 11.2 Å². The average molecular weight is 313 g/mol. The Morgan fingerprint density at radius 2 is 2.26 bits per heavy atom. The van der Waals surface area contributed by atoms with Gasteiger partial charge in [0.2, 0.25) is 0 Å².